The fraction of sp³-hybridized carbons (Fsp3) is 0.696. The highest BCUT2D eigenvalue weighted by atomic mass is 16.8. The van der Waals surface area contributed by atoms with Crippen molar-refractivity contribution in [3.63, 3.8) is 0 Å². The van der Waals surface area contributed by atoms with Gasteiger partial charge in [-0.1, -0.05) is 76.6 Å². The normalized spacial score (nSPS) is 35.2. The number of nitrogens with one attached hydrogen (secondary N) is 1. The number of hydrogen-bond acceptors (Lipinski definition) is 19. The highest BCUT2D eigenvalue weighted by Gasteiger charge is 2.57. The van der Waals surface area contributed by atoms with E-state index in [9.17, 15) is 28.8 Å². The van der Waals surface area contributed by atoms with E-state index in [-0.39, 0.29) is 31.1 Å². The molecule has 20 heteroatoms. The minimum atomic E-state index is -1.48. The molecule has 4 aliphatic rings. The van der Waals surface area contributed by atoms with Gasteiger partial charge >= 0.3 is 35.9 Å². The molecule has 3 fully saturated rings. The Morgan fingerprint density at radius 1 is 0.621 bits per heavy atom. The number of alkyl carbamates (subject to hydrolysis) is 1. The fourth-order valence-corrected chi connectivity index (χ4v) is 8.82. The van der Waals surface area contributed by atoms with E-state index in [2.05, 4.69) is 5.32 Å². The minimum absolute atomic E-state index is 0.0283. The molecule has 1 saturated carbocycles. The molecular weight excluding hydrogens is 869 g/mol. The van der Waals surface area contributed by atoms with Gasteiger partial charge in [0.1, 0.15) is 55.9 Å². The van der Waals surface area contributed by atoms with Crippen molar-refractivity contribution >= 4 is 35.9 Å². The predicted molar refractivity (Wildman–Crippen MR) is 228 cm³/mol. The summed E-state index contributed by atoms with van der Waals surface area (Å²) in [5.74, 6) is -4.72. The summed E-state index contributed by atoms with van der Waals surface area (Å²) in [4.78, 5) is 75.5. The summed E-state index contributed by atoms with van der Waals surface area (Å²) in [7, 11) is 0. The molecule has 17 unspecified atom stereocenters. The lowest BCUT2D eigenvalue weighted by Crippen LogP contribution is -2.60. The topological polar surface area (TPSA) is 251 Å². The maximum atomic E-state index is 13.2. The van der Waals surface area contributed by atoms with Crippen LogP contribution in [0.4, 0.5) is 4.79 Å². The van der Waals surface area contributed by atoms with E-state index in [1.54, 1.807) is 13.0 Å². The number of ether oxygens (including phenoxy) is 12. The molecule has 3 aliphatic heterocycles. The van der Waals surface area contributed by atoms with Crippen LogP contribution in [0.15, 0.2) is 42.5 Å². The Hall–Kier alpha value is -4.70. The van der Waals surface area contributed by atoms with Crippen molar-refractivity contribution in [1.82, 2.24) is 5.32 Å². The highest BCUT2D eigenvalue weighted by Crippen LogP contribution is 2.41. The molecule has 0 aromatic heterocycles. The highest BCUT2D eigenvalue weighted by molar-refractivity contribution is 5.69. The van der Waals surface area contributed by atoms with Gasteiger partial charge < -0.3 is 67.9 Å². The van der Waals surface area contributed by atoms with Gasteiger partial charge in [0.25, 0.3) is 0 Å². The Balaban J connectivity index is 1.48. The van der Waals surface area contributed by atoms with Crippen LogP contribution in [-0.4, -0.2) is 135 Å². The van der Waals surface area contributed by atoms with Crippen LogP contribution in [-0.2, 0) is 87.4 Å². The molecule has 5 rings (SSSR count). The van der Waals surface area contributed by atoms with E-state index < -0.39 is 128 Å². The molecule has 2 saturated heterocycles. The van der Waals surface area contributed by atoms with Crippen LogP contribution in [0.2, 0.25) is 0 Å². The van der Waals surface area contributed by atoms with Gasteiger partial charge in [-0.05, 0) is 30.2 Å². The van der Waals surface area contributed by atoms with Crippen LogP contribution in [0.25, 0.3) is 0 Å². The van der Waals surface area contributed by atoms with E-state index in [4.69, 9.17) is 62.6 Å². The van der Waals surface area contributed by atoms with E-state index in [0.717, 1.165) is 12.0 Å². The number of hydrogen-bond donors (Lipinski definition) is 2. The first-order chi connectivity index (χ1) is 31.4. The minimum Gasteiger partial charge on any atom is -0.463 e. The summed E-state index contributed by atoms with van der Waals surface area (Å²) in [5.41, 5.74) is 6.87. The third kappa shape index (κ3) is 14.2. The van der Waals surface area contributed by atoms with Crippen LogP contribution in [0, 0.1) is 17.8 Å². The fourth-order valence-electron chi connectivity index (χ4n) is 8.82. The molecule has 1 aromatic rings. The van der Waals surface area contributed by atoms with E-state index in [1.165, 1.54) is 34.6 Å². The molecule has 0 radical (unpaired) electrons. The predicted octanol–water partition coefficient (Wildman–Crippen LogP) is 3.53. The Morgan fingerprint density at radius 2 is 1.20 bits per heavy atom. The van der Waals surface area contributed by atoms with Gasteiger partial charge in [-0.2, -0.15) is 0 Å². The van der Waals surface area contributed by atoms with Crippen molar-refractivity contribution < 1.29 is 85.6 Å². The van der Waals surface area contributed by atoms with Crippen LogP contribution >= 0.6 is 0 Å². The number of nitrogens with two attached hydrogens (primary N) is 1. The van der Waals surface area contributed by atoms with Crippen molar-refractivity contribution in [2.24, 2.45) is 23.5 Å². The number of carbonyl (C=O) groups is 6. The molecule has 1 amide bonds. The van der Waals surface area contributed by atoms with Crippen LogP contribution < -0.4 is 11.1 Å². The summed E-state index contributed by atoms with van der Waals surface area (Å²) in [5, 5.41) is 2.85. The van der Waals surface area contributed by atoms with Gasteiger partial charge in [0.15, 0.2) is 31.1 Å². The Labute approximate surface area is 385 Å². The first kappa shape index (κ1) is 52.3. The maximum Gasteiger partial charge on any atom is 0.408 e. The molecule has 3 heterocycles. The van der Waals surface area contributed by atoms with Gasteiger partial charge in [0.05, 0.1) is 12.2 Å². The zero-order chi connectivity index (χ0) is 48.2. The van der Waals surface area contributed by atoms with E-state index in [0.29, 0.717) is 12.8 Å². The van der Waals surface area contributed by atoms with E-state index in [1.807, 2.05) is 57.2 Å². The summed E-state index contributed by atoms with van der Waals surface area (Å²) in [6, 6.07) is 8.38. The Bertz CT molecular complexity index is 1830. The average molecular weight is 935 g/mol. The average Bonchev–Trinajstić information content (AvgIpc) is 3.55. The van der Waals surface area contributed by atoms with Crippen molar-refractivity contribution in [2.75, 3.05) is 13.2 Å². The lowest BCUT2D eigenvalue weighted by molar-refractivity contribution is -0.302. The first-order valence-electron chi connectivity index (χ1n) is 22.5. The molecule has 66 heavy (non-hydrogen) atoms. The van der Waals surface area contributed by atoms with E-state index >= 15 is 0 Å². The maximum absolute atomic E-state index is 13.2. The molecule has 0 bridgehead atoms. The summed E-state index contributed by atoms with van der Waals surface area (Å²) >= 11 is 0. The standard InChI is InChI=1S/C46H66N2O18/c1-10-14-32-17-18-33(48-46(54)56-21-31-15-12-11-13-16-31)44(61-32)64-37-24(3)19-23(2)36(57-27(6)50)41(37)66-45-42(60-30(9)53)40(35(63-45)22-55-26(5)49)65-43-25(4)38(58-28(7)51)39(59-29(8)52)34(20-47)62-43/h11-13,15-18,23-25,32-45H,10,14,19-22,47H2,1-9H3,(H,48,54). The molecule has 368 valence electrons. The summed E-state index contributed by atoms with van der Waals surface area (Å²) in [6.07, 6.45) is -9.30. The first-order valence-corrected chi connectivity index (χ1v) is 22.5. The number of benzene rings is 1. The largest absolute Gasteiger partial charge is 0.463 e. The Morgan fingerprint density at radius 3 is 1.82 bits per heavy atom. The lowest BCUT2D eigenvalue weighted by Gasteiger charge is -2.47. The molecule has 17 atom stereocenters. The van der Waals surface area contributed by atoms with Crippen LogP contribution in [0.3, 0.4) is 0 Å². The van der Waals surface area contributed by atoms with Crippen molar-refractivity contribution in [3.05, 3.63) is 48.0 Å². The lowest BCUT2D eigenvalue weighted by atomic mass is 9.77. The molecule has 1 aliphatic carbocycles. The smallest absolute Gasteiger partial charge is 0.408 e. The number of esters is 5. The quantitative estimate of drug-likeness (QED) is 0.121. The number of rotatable bonds is 18. The number of amides is 1. The second-order valence-corrected chi connectivity index (χ2v) is 17.2. The monoisotopic (exact) mass is 934 g/mol. The Kier molecular flexibility index (Phi) is 19.3. The molecule has 0 spiro atoms. The SMILES string of the molecule is CCCC1C=CC(NC(=O)OCc2ccccc2)C(OC2C(C)CC(C)C(OC(C)=O)C2OC2OC(COC(C)=O)C(OC3OC(CN)C(OC(C)=O)C(OC(C)=O)C3C)C2OC(C)=O)O1. The summed E-state index contributed by atoms with van der Waals surface area (Å²) < 4.78 is 73.3. The zero-order valence-corrected chi connectivity index (χ0v) is 39.0. The van der Waals surface area contributed by atoms with Crippen LogP contribution in [0.5, 0.6) is 0 Å². The van der Waals surface area contributed by atoms with Crippen molar-refractivity contribution in [1.29, 1.82) is 0 Å². The van der Waals surface area contributed by atoms with Crippen molar-refractivity contribution in [2.45, 2.75) is 174 Å². The van der Waals surface area contributed by atoms with Crippen LogP contribution in [0.1, 0.15) is 87.1 Å². The van der Waals surface area contributed by atoms with Gasteiger partial charge in [0, 0.05) is 47.1 Å². The molecular formula is C46H66N2O18. The van der Waals surface area contributed by atoms with Crippen molar-refractivity contribution in [3.8, 4) is 0 Å². The van der Waals surface area contributed by atoms with Gasteiger partial charge in [-0.15, -0.1) is 0 Å². The number of carbonyl (C=O) groups excluding carboxylic acids is 6. The third-order valence-corrected chi connectivity index (χ3v) is 11.7. The molecule has 1 aromatic carbocycles. The molecule has 20 nitrogen and oxygen atoms in total. The van der Waals surface area contributed by atoms with Gasteiger partial charge in [-0.3, -0.25) is 24.0 Å². The zero-order valence-electron chi connectivity index (χ0n) is 39.0. The second kappa shape index (κ2) is 24.4. The third-order valence-electron chi connectivity index (χ3n) is 11.7. The second-order valence-electron chi connectivity index (χ2n) is 17.2. The van der Waals surface area contributed by atoms with Gasteiger partial charge in [0.2, 0.25) is 0 Å². The van der Waals surface area contributed by atoms with Gasteiger partial charge in [-0.25, -0.2) is 4.79 Å². The summed E-state index contributed by atoms with van der Waals surface area (Å²) in [6.45, 7) is 13.0. The molecule has 3 N–H and O–H groups in total.